The molecule has 7 nitrogen and oxygen atoms in total. The van der Waals surface area contributed by atoms with Gasteiger partial charge in [0.25, 0.3) is 5.91 Å². The zero-order valence-electron chi connectivity index (χ0n) is 22.0. The summed E-state index contributed by atoms with van der Waals surface area (Å²) in [5.74, 6) is 1.20. The Morgan fingerprint density at radius 3 is 2.61 bits per heavy atom. The zero-order chi connectivity index (χ0) is 26.7. The van der Waals surface area contributed by atoms with Gasteiger partial charge in [-0.05, 0) is 85.7 Å². The number of nitrogens with one attached hydrogen (secondary N) is 2. The van der Waals surface area contributed by atoms with Crippen LogP contribution in [0.3, 0.4) is 0 Å². The first-order chi connectivity index (χ1) is 18.3. The van der Waals surface area contributed by atoms with Gasteiger partial charge in [0.1, 0.15) is 5.75 Å². The largest absolute Gasteiger partial charge is 0.484 e. The quantitative estimate of drug-likeness (QED) is 0.253. The molecule has 5 rings (SSSR count). The van der Waals surface area contributed by atoms with Crippen molar-refractivity contribution in [2.75, 3.05) is 17.2 Å². The number of nitrogens with zero attached hydrogens (tertiary/aromatic N) is 2. The molecule has 1 amide bonds. The predicted molar refractivity (Wildman–Crippen MR) is 148 cm³/mol. The normalized spacial score (nSPS) is 16.7. The third kappa shape index (κ3) is 5.90. The Hall–Kier alpha value is -4.07. The molecule has 0 aliphatic heterocycles. The number of anilines is 3. The molecule has 38 heavy (non-hydrogen) atoms. The second kappa shape index (κ2) is 10.7. The molecule has 0 bridgehead atoms. The van der Waals surface area contributed by atoms with Gasteiger partial charge in [-0.3, -0.25) is 9.74 Å². The number of hydrogen-bond acceptors (Lipinski definition) is 5. The molecule has 2 N–H and O–H groups in total. The molecule has 3 aromatic carbocycles. The van der Waals surface area contributed by atoms with Crippen LogP contribution in [0.2, 0.25) is 0 Å². The van der Waals surface area contributed by atoms with Crippen LogP contribution in [0, 0.1) is 12.3 Å². The highest BCUT2D eigenvalue weighted by Crippen LogP contribution is 2.44. The average molecular weight is 517 g/mol. The van der Waals surface area contributed by atoms with Crippen molar-refractivity contribution in [2.45, 2.75) is 52.5 Å². The molecule has 8 heteroatoms. The monoisotopic (exact) mass is 516 g/mol. The topological polar surface area (TPSA) is 77.4 Å². The summed E-state index contributed by atoms with van der Waals surface area (Å²) in [7, 11) is 0. The van der Waals surface area contributed by atoms with E-state index in [1.807, 2.05) is 49.4 Å². The number of carbonyl (C=O) groups excluding carboxylic acids is 1. The Balaban J connectivity index is 1.39. The Morgan fingerprint density at radius 1 is 1.08 bits per heavy atom. The lowest BCUT2D eigenvalue weighted by molar-refractivity contribution is -0.118. The van der Waals surface area contributed by atoms with E-state index in [4.69, 9.17) is 9.72 Å². The van der Waals surface area contributed by atoms with Crippen molar-refractivity contribution in [1.82, 2.24) is 9.55 Å². The second-order valence-electron chi connectivity index (χ2n) is 10.8. The van der Waals surface area contributed by atoms with Gasteiger partial charge >= 0.3 is 0 Å². The average Bonchev–Trinajstić information content (AvgIpc) is 3.24. The summed E-state index contributed by atoms with van der Waals surface area (Å²) in [6.07, 6.45) is 4.46. The standard InChI is InChI=1S/C30H33FN4O3/c1-20-6-4-7-22(16-20)32-28(36)19-37-25-13-14-27-26(17-25)34-29(33-21-9-11-24(38-31)12-10-21)35(27)23-8-5-15-30(2,3)18-23/h4,6-7,9-14,16-17,23H,5,8,15,18-19H2,1-3H3,(H,32,36)(H,33,34). The highest BCUT2D eigenvalue weighted by molar-refractivity contribution is 5.92. The SMILES string of the molecule is Cc1cccc(NC(=O)COc2ccc3c(c2)nc(Nc2ccc(OF)cc2)n3C2CCCC(C)(C)C2)c1. The molecule has 1 heterocycles. The first-order valence-electron chi connectivity index (χ1n) is 13.0. The number of aromatic nitrogens is 2. The molecule has 1 saturated carbocycles. The van der Waals surface area contributed by atoms with Crippen LogP contribution in [-0.2, 0) is 4.79 Å². The minimum Gasteiger partial charge on any atom is -0.484 e. The van der Waals surface area contributed by atoms with Crippen molar-refractivity contribution in [3.05, 3.63) is 72.3 Å². The number of fused-ring (bicyclic) bond motifs is 1. The summed E-state index contributed by atoms with van der Waals surface area (Å²) >= 11 is 0. The van der Waals surface area contributed by atoms with Gasteiger partial charge in [-0.2, -0.15) is 0 Å². The number of rotatable bonds is 8. The molecule has 0 saturated heterocycles. The summed E-state index contributed by atoms with van der Waals surface area (Å²) in [5, 5.41) is 6.27. The van der Waals surface area contributed by atoms with Crippen LogP contribution in [0.4, 0.5) is 21.8 Å². The lowest BCUT2D eigenvalue weighted by Gasteiger charge is -2.36. The van der Waals surface area contributed by atoms with Crippen molar-refractivity contribution in [3.8, 4) is 11.5 Å². The number of amides is 1. The predicted octanol–water partition coefficient (Wildman–Crippen LogP) is 7.51. The van der Waals surface area contributed by atoms with E-state index in [-0.39, 0.29) is 29.7 Å². The van der Waals surface area contributed by atoms with Gasteiger partial charge in [0.15, 0.2) is 12.4 Å². The van der Waals surface area contributed by atoms with E-state index < -0.39 is 0 Å². The zero-order valence-corrected chi connectivity index (χ0v) is 22.0. The fraction of sp³-hybridized carbons (Fsp3) is 0.333. The summed E-state index contributed by atoms with van der Waals surface area (Å²) in [6.45, 7) is 6.50. The van der Waals surface area contributed by atoms with Crippen LogP contribution < -0.4 is 20.3 Å². The van der Waals surface area contributed by atoms with Crippen LogP contribution in [0.15, 0.2) is 66.7 Å². The van der Waals surface area contributed by atoms with Crippen molar-refractivity contribution < 1.29 is 19.0 Å². The highest BCUT2D eigenvalue weighted by atomic mass is 19.3. The molecule has 1 fully saturated rings. The molecule has 1 unspecified atom stereocenters. The van der Waals surface area contributed by atoms with E-state index in [0.717, 1.165) is 47.2 Å². The highest BCUT2D eigenvalue weighted by Gasteiger charge is 2.31. The molecule has 4 aromatic rings. The molecule has 1 atom stereocenters. The fourth-order valence-corrected chi connectivity index (χ4v) is 5.29. The van der Waals surface area contributed by atoms with Crippen LogP contribution in [0.5, 0.6) is 11.5 Å². The van der Waals surface area contributed by atoms with Gasteiger partial charge < -0.3 is 19.9 Å². The second-order valence-corrected chi connectivity index (χ2v) is 10.8. The maximum Gasteiger partial charge on any atom is 0.262 e. The van der Waals surface area contributed by atoms with Crippen molar-refractivity contribution in [2.24, 2.45) is 5.41 Å². The number of benzene rings is 3. The maximum atomic E-state index is 12.5. The fourth-order valence-electron chi connectivity index (χ4n) is 5.29. The number of imidazole rings is 1. The molecular formula is C30H33FN4O3. The van der Waals surface area contributed by atoms with E-state index in [9.17, 15) is 9.32 Å². The minimum absolute atomic E-state index is 0.106. The lowest BCUT2D eigenvalue weighted by atomic mass is 9.75. The van der Waals surface area contributed by atoms with Gasteiger partial charge in [0.05, 0.1) is 11.0 Å². The van der Waals surface area contributed by atoms with E-state index in [1.54, 1.807) is 24.3 Å². The van der Waals surface area contributed by atoms with Crippen molar-refractivity contribution in [3.63, 3.8) is 0 Å². The van der Waals surface area contributed by atoms with Crippen LogP contribution in [0.1, 0.15) is 51.1 Å². The smallest absolute Gasteiger partial charge is 0.262 e. The van der Waals surface area contributed by atoms with Gasteiger partial charge in [-0.1, -0.05) is 32.4 Å². The first-order valence-corrected chi connectivity index (χ1v) is 13.0. The Bertz CT molecular complexity index is 1430. The third-order valence-corrected chi connectivity index (χ3v) is 7.08. The molecule has 0 spiro atoms. The lowest BCUT2D eigenvalue weighted by Crippen LogP contribution is -2.25. The van der Waals surface area contributed by atoms with Crippen molar-refractivity contribution >= 4 is 34.3 Å². The summed E-state index contributed by atoms with van der Waals surface area (Å²) < 4.78 is 20.6. The number of halogens is 1. The molecule has 1 aliphatic carbocycles. The molecular weight excluding hydrogens is 483 g/mol. The first kappa shape index (κ1) is 25.6. The van der Waals surface area contributed by atoms with E-state index in [2.05, 4.69) is 34.0 Å². The Labute approximate surface area is 221 Å². The summed E-state index contributed by atoms with van der Waals surface area (Å²) in [5.41, 5.74) is 4.60. The minimum atomic E-state index is -0.228. The van der Waals surface area contributed by atoms with Gasteiger partial charge in [0.2, 0.25) is 5.95 Å². The third-order valence-electron chi connectivity index (χ3n) is 7.08. The number of hydrogen-bond donors (Lipinski definition) is 2. The van der Waals surface area contributed by atoms with E-state index in [1.165, 1.54) is 6.42 Å². The van der Waals surface area contributed by atoms with Crippen molar-refractivity contribution in [1.29, 1.82) is 0 Å². The van der Waals surface area contributed by atoms with Gasteiger partial charge in [-0.15, -0.1) is 0 Å². The van der Waals surface area contributed by atoms with Crippen LogP contribution in [-0.4, -0.2) is 22.1 Å². The van der Waals surface area contributed by atoms with E-state index in [0.29, 0.717) is 11.7 Å². The maximum absolute atomic E-state index is 12.5. The van der Waals surface area contributed by atoms with E-state index >= 15 is 0 Å². The summed E-state index contributed by atoms with van der Waals surface area (Å²) in [4.78, 5) is 21.2. The number of carbonyl (C=O) groups is 1. The molecule has 0 radical (unpaired) electrons. The van der Waals surface area contributed by atoms with Gasteiger partial charge in [0, 0.05) is 28.0 Å². The Kier molecular flexibility index (Phi) is 7.22. The van der Waals surface area contributed by atoms with Gasteiger partial charge in [-0.25, -0.2) is 4.98 Å². The molecule has 198 valence electrons. The number of aryl methyl sites for hydroxylation is 1. The van der Waals surface area contributed by atoms with Crippen LogP contribution in [0.25, 0.3) is 11.0 Å². The Morgan fingerprint density at radius 2 is 1.87 bits per heavy atom. The molecule has 1 aliphatic rings. The number of ether oxygens (including phenoxy) is 1. The molecule has 1 aromatic heterocycles. The van der Waals surface area contributed by atoms with Crippen LogP contribution >= 0.6 is 0 Å². The summed E-state index contributed by atoms with van der Waals surface area (Å²) in [6, 6.07) is 20.3.